The van der Waals surface area contributed by atoms with E-state index in [-0.39, 0.29) is 11.8 Å². The van der Waals surface area contributed by atoms with Gasteiger partial charge in [-0.05, 0) is 30.7 Å². The molecule has 0 saturated carbocycles. The van der Waals surface area contributed by atoms with Crippen LogP contribution in [0.4, 0.5) is 0 Å². The topological polar surface area (TPSA) is 67.5 Å². The maximum atomic E-state index is 12.4. The van der Waals surface area contributed by atoms with Crippen LogP contribution >= 0.6 is 0 Å². The van der Waals surface area contributed by atoms with Gasteiger partial charge in [-0.1, -0.05) is 18.2 Å². The van der Waals surface area contributed by atoms with Crippen LogP contribution in [-0.4, -0.2) is 11.1 Å². The summed E-state index contributed by atoms with van der Waals surface area (Å²) in [6, 6.07) is 10.4. The normalized spacial score (nSPS) is 11.1. The maximum Gasteiger partial charge on any atom is 0.307 e. The molecule has 3 aromatic rings. The van der Waals surface area contributed by atoms with Gasteiger partial charge in [0.1, 0.15) is 11.2 Å². The quantitative estimate of drug-likeness (QED) is 0.726. The average molecular weight is 268 g/mol. The van der Waals surface area contributed by atoms with Crippen molar-refractivity contribution in [3.8, 4) is 0 Å². The lowest BCUT2D eigenvalue weighted by molar-refractivity contribution is -0.136. The molecule has 1 aromatic heterocycles. The molecule has 4 heteroatoms. The number of hydrogen-bond donors (Lipinski definition) is 1. The summed E-state index contributed by atoms with van der Waals surface area (Å²) < 4.78 is 5.78. The first-order chi connectivity index (χ1) is 9.58. The van der Waals surface area contributed by atoms with Gasteiger partial charge in [0.2, 0.25) is 5.43 Å². The Balaban J connectivity index is 2.48. The highest BCUT2D eigenvalue weighted by Crippen LogP contribution is 2.24. The first-order valence-electron chi connectivity index (χ1n) is 6.24. The number of aliphatic carboxylic acids is 1. The first kappa shape index (κ1) is 12.4. The SMILES string of the molecule is Cc1ccc2c(=O)c3ccccc3oc2c1CC(=O)O. The molecule has 0 fully saturated rings. The number of carboxylic acids is 1. The van der Waals surface area contributed by atoms with Crippen LogP contribution in [-0.2, 0) is 11.2 Å². The van der Waals surface area contributed by atoms with E-state index in [4.69, 9.17) is 9.52 Å². The van der Waals surface area contributed by atoms with Crippen molar-refractivity contribution in [3.05, 3.63) is 57.7 Å². The van der Waals surface area contributed by atoms with Crippen molar-refractivity contribution >= 4 is 27.9 Å². The van der Waals surface area contributed by atoms with Crippen molar-refractivity contribution in [2.45, 2.75) is 13.3 Å². The molecule has 3 rings (SSSR count). The molecule has 0 radical (unpaired) electrons. The van der Waals surface area contributed by atoms with Crippen LogP contribution in [0.15, 0.2) is 45.6 Å². The molecule has 0 spiro atoms. The van der Waals surface area contributed by atoms with Gasteiger partial charge in [-0.3, -0.25) is 9.59 Å². The summed E-state index contributed by atoms with van der Waals surface area (Å²) in [6.45, 7) is 1.81. The Morgan fingerprint density at radius 2 is 1.90 bits per heavy atom. The van der Waals surface area contributed by atoms with Gasteiger partial charge in [0, 0.05) is 5.56 Å². The lowest BCUT2D eigenvalue weighted by atomic mass is 10.0. The Morgan fingerprint density at radius 1 is 1.15 bits per heavy atom. The number of carbonyl (C=O) groups is 1. The molecular weight excluding hydrogens is 256 g/mol. The summed E-state index contributed by atoms with van der Waals surface area (Å²) in [4.78, 5) is 23.4. The second-order valence-corrected chi connectivity index (χ2v) is 4.74. The van der Waals surface area contributed by atoms with Crippen LogP contribution in [0, 0.1) is 6.92 Å². The van der Waals surface area contributed by atoms with E-state index in [9.17, 15) is 9.59 Å². The molecule has 1 N–H and O–H groups in total. The third-order valence-corrected chi connectivity index (χ3v) is 3.41. The van der Waals surface area contributed by atoms with Gasteiger partial charge >= 0.3 is 5.97 Å². The minimum absolute atomic E-state index is 0.131. The highest BCUT2D eigenvalue weighted by Gasteiger charge is 2.14. The second kappa shape index (κ2) is 4.49. The van der Waals surface area contributed by atoms with E-state index in [1.807, 2.05) is 6.92 Å². The lowest BCUT2D eigenvalue weighted by Crippen LogP contribution is -2.07. The molecule has 2 aromatic carbocycles. The molecule has 0 saturated heterocycles. The fourth-order valence-corrected chi connectivity index (χ4v) is 2.39. The largest absolute Gasteiger partial charge is 0.481 e. The summed E-state index contributed by atoms with van der Waals surface area (Å²) in [6.07, 6.45) is -0.162. The molecule has 4 nitrogen and oxygen atoms in total. The minimum atomic E-state index is -0.948. The zero-order valence-corrected chi connectivity index (χ0v) is 10.8. The molecule has 0 aliphatic rings. The number of aryl methyl sites for hydroxylation is 1. The molecule has 0 aliphatic heterocycles. The number of benzene rings is 2. The predicted molar refractivity (Wildman–Crippen MR) is 76.1 cm³/mol. The monoisotopic (exact) mass is 268 g/mol. The predicted octanol–water partition coefficient (Wildman–Crippen LogP) is 2.88. The summed E-state index contributed by atoms with van der Waals surface area (Å²) in [7, 11) is 0. The second-order valence-electron chi connectivity index (χ2n) is 4.74. The smallest absolute Gasteiger partial charge is 0.307 e. The molecule has 1 heterocycles. The van der Waals surface area contributed by atoms with E-state index in [1.54, 1.807) is 36.4 Å². The van der Waals surface area contributed by atoms with Gasteiger partial charge in [0.15, 0.2) is 0 Å². The molecular formula is C16H12O4. The Morgan fingerprint density at radius 3 is 2.65 bits per heavy atom. The highest BCUT2D eigenvalue weighted by molar-refractivity contribution is 5.92. The zero-order valence-electron chi connectivity index (χ0n) is 10.8. The van der Waals surface area contributed by atoms with Gasteiger partial charge in [-0.2, -0.15) is 0 Å². The van der Waals surface area contributed by atoms with Crippen molar-refractivity contribution in [2.75, 3.05) is 0 Å². The molecule has 0 unspecified atom stereocenters. The van der Waals surface area contributed by atoms with E-state index >= 15 is 0 Å². The van der Waals surface area contributed by atoms with Crippen LogP contribution < -0.4 is 5.43 Å². The van der Waals surface area contributed by atoms with E-state index < -0.39 is 5.97 Å². The van der Waals surface area contributed by atoms with Gasteiger partial charge < -0.3 is 9.52 Å². The molecule has 0 aliphatic carbocycles. The molecule has 0 bridgehead atoms. The average Bonchev–Trinajstić information content (AvgIpc) is 2.42. The third-order valence-electron chi connectivity index (χ3n) is 3.41. The van der Waals surface area contributed by atoms with Gasteiger partial charge in [-0.25, -0.2) is 0 Å². The molecule has 0 amide bonds. The summed E-state index contributed by atoms with van der Waals surface area (Å²) in [5.41, 5.74) is 2.07. The number of rotatable bonds is 2. The highest BCUT2D eigenvalue weighted by atomic mass is 16.4. The third kappa shape index (κ3) is 1.86. The lowest BCUT2D eigenvalue weighted by Gasteiger charge is -2.08. The zero-order chi connectivity index (χ0) is 14.3. The van der Waals surface area contributed by atoms with E-state index in [2.05, 4.69) is 0 Å². The Kier molecular flexibility index (Phi) is 2.79. The molecule has 20 heavy (non-hydrogen) atoms. The number of para-hydroxylation sites is 1. The van der Waals surface area contributed by atoms with E-state index in [0.29, 0.717) is 27.5 Å². The number of carboxylic acid groups (broad SMARTS) is 1. The van der Waals surface area contributed by atoms with Gasteiger partial charge in [0.25, 0.3) is 0 Å². The van der Waals surface area contributed by atoms with Crippen LogP contribution in [0.3, 0.4) is 0 Å². The van der Waals surface area contributed by atoms with Gasteiger partial charge in [0.05, 0.1) is 17.2 Å². The van der Waals surface area contributed by atoms with Crippen LogP contribution in [0.2, 0.25) is 0 Å². The van der Waals surface area contributed by atoms with Crippen molar-refractivity contribution in [2.24, 2.45) is 0 Å². The van der Waals surface area contributed by atoms with E-state index in [0.717, 1.165) is 5.56 Å². The number of hydrogen-bond acceptors (Lipinski definition) is 3. The Hall–Kier alpha value is -2.62. The Labute approximate surface area is 114 Å². The van der Waals surface area contributed by atoms with Gasteiger partial charge in [-0.15, -0.1) is 0 Å². The molecule has 100 valence electrons. The Bertz CT molecular complexity index is 890. The summed E-state index contributed by atoms with van der Waals surface area (Å²) >= 11 is 0. The number of fused-ring (bicyclic) bond motifs is 2. The van der Waals surface area contributed by atoms with E-state index in [1.165, 1.54) is 0 Å². The summed E-state index contributed by atoms with van der Waals surface area (Å²) in [5.74, 6) is -0.948. The van der Waals surface area contributed by atoms with Crippen molar-refractivity contribution in [3.63, 3.8) is 0 Å². The first-order valence-corrected chi connectivity index (χ1v) is 6.24. The minimum Gasteiger partial charge on any atom is -0.481 e. The van der Waals surface area contributed by atoms with Crippen LogP contribution in [0.1, 0.15) is 11.1 Å². The van der Waals surface area contributed by atoms with Crippen molar-refractivity contribution < 1.29 is 14.3 Å². The van der Waals surface area contributed by atoms with Crippen molar-refractivity contribution in [1.29, 1.82) is 0 Å². The standard InChI is InChI=1S/C16H12O4/c1-9-6-7-11-15(19)10-4-2-3-5-13(10)20-16(11)12(9)8-14(17)18/h2-7H,8H2,1H3,(H,17,18). The molecule has 0 atom stereocenters. The fraction of sp³-hybridized carbons (Fsp3) is 0.125. The fourth-order valence-electron chi connectivity index (χ4n) is 2.39. The van der Waals surface area contributed by atoms with Crippen molar-refractivity contribution in [1.82, 2.24) is 0 Å². The van der Waals surface area contributed by atoms with Crippen LogP contribution in [0.5, 0.6) is 0 Å². The maximum absolute atomic E-state index is 12.4. The summed E-state index contributed by atoms with van der Waals surface area (Å²) in [5, 5.41) is 9.94. The van der Waals surface area contributed by atoms with Crippen LogP contribution in [0.25, 0.3) is 21.9 Å².